The SMILES string of the molecule is CCC(C)N(CCC(=O)N1CCN(C(C)=O)CC1)C(=O)c1cc2n(n1)CCCN(Cc1ccccc1)C2=O. The lowest BCUT2D eigenvalue weighted by molar-refractivity contribution is -0.138. The van der Waals surface area contributed by atoms with Crippen molar-refractivity contribution in [1.82, 2.24) is 29.4 Å². The van der Waals surface area contributed by atoms with Crippen LogP contribution in [0, 0.1) is 0 Å². The van der Waals surface area contributed by atoms with Crippen LogP contribution in [0.3, 0.4) is 0 Å². The van der Waals surface area contributed by atoms with E-state index in [1.807, 2.05) is 44.2 Å². The highest BCUT2D eigenvalue weighted by Gasteiger charge is 2.30. The third-order valence-electron chi connectivity index (χ3n) is 7.55. The Labute approximate surface area is 224 Å². The minimum Gasteiger partial charge on any atom is -0.339 e. The second-order valence-corrected chi connectivity index (χ2v) is 10.1. The Hall–Kier alpha value is -3.69. The molecule has 1 unspecified atom stereocenters. The van der Waals surface area contributed by atoms with E-state index in [1.165, 1.54) is 6.92 Å². The van der Waals surface area contributed by atoms with Gasteiger partial charge in [-0.15, -0.1) is 0 Å². The molecule has 204 valence electrons. The number of benzene rings is 1. The van der Waals surface area contributed by atoms with Crippen molar-refractivity contribution < 1.29 is 19.2 Å². The molecule has 4 amide bonds. The maximum atomic E-state index is 13.6. The molecule has 3 heterocycles. The third-order valence-corrected chi connectivity index (χ3v) is 7.55. The fourth-order valence-corrected chi connectivity index (χ4v) is 5.03. The Balaban J connectivity index is 1.43. The van der Waals surface area contributed by atoms with Crippen molar-refractivity contribution in [2.24, 2.45) is 0 Å². The second-order valence-electron chi connectivity index (χ2n) is 10.1. The summed E-state index contributed by atoms with van der Waals surface area (Å²) in [6, 6.07) is 11.4. The van der Waals surface area contributed by atoms with E-state index < -0.39 is 0 Å². The molecule has 2 aliphatic heterocycles. The molecule has 2 aliphatic rings. The molecule has 1 aromatic heterocycles. The molecule has 0 aliphatic carbocycles. The van der Waals surface area contributed by atoms with Crippen LogP contribution in [0.5, 0.6) is 0 Å². The third kappa shape index (κ3) is 6.23. The highest BCUT2D eigenvalue weighted by molar-refractivity contribution is 5.98. The molecule has 1 fully saturated rings. The molecular formula is C28H38N6O4. The Morgan fingerprint density at radius 3 is 2.34 bits per heavy atom. The fourth-order valence-electron chi connectivity index (χ4n) is 5.03. The van der Waals surface area contributed by atoms with Gasteiger partial charge in [0, 0.05) is 77.8 Å². The Morgan fingerprint density at radius 1 is 1.00 bits per heavy atom. The summed E-state index contributed by atoms with van der Waals surface area (Å²) < 4.78 is 1.65. The van der Waals surface area contributed by atoms with Crippen molar-refractivity contribution in [3.8, 4) is 0 Å². The van der Waals surface area contributed by atoms with Crippen LogP contribution >= 0.6 is 0 Å². The average Bonchev–Trinajstić information content (AvgIpc) is 3.30. The van der Waals surface area contributed by atoms with E-state index in [-0.39, 0.29) is 48.3 Å². The number of amides is 4. The van der Waals surface area contributed by atoms with Crippen LogP contribution in [-0.4, -0.2) is 98.3 Å². The molecule has 1 aromatic carbocycles. The van der Waals surface area contributed by atoms with Crippen LogP contribution in [0.4, 0.5) is 0 Å². The molecule has 0 radical (unpaired) electrons. The number of aryl methyl sites for hydroxylation is 1. The first-order chi connectivity index (χ1) is 18.3. The van der Waals surface area contributed by atoms with Crippen LogP contribution in [0.25, 0.3) is 0 Å². The van der Waals surface area contributed by atoms with Gasteiger partial charge in [0.25, 0.3) is 11.8 Å². The summed E-state index contributed by atoms with van der Waals surface area (Å²) in [5.41, 5.74) is 1.71. The van der Waals surface area contributed by atoms with Crippen molar-refractivity contribution in [3.05, 3.63) is 53.3 Å². The van der Waals surface area contributed by atoms with Crippen LogP contribution in [0.15, 0.2) is 36.4 Å². The smallest absolute Gasteiger partial charge is 0.274 e. The van der Waals surface area contributed by atoms with Crippen molar-refractivity contribution in [3.63, 3.8) is 0 Å². The molecule has 10 heteroatoms. The normalized spacial score (nSPS) is 16.6. The molecule has 0 saturated carbocycles. The molecule has 1 saturated heterocycles. The predicted octanol–water partition coefficient (Wildman–Crippen LogP) is 2.25. The summed E-state index contributed by atoms with van der Waals surface area (Å²) in [5.74, 6) is -0.406. The lowest BCUT2D eigenvalue weighted by atomic mass is 10.1. The first-order valence-electron chi connectivity index (χ1n) is 13.5. The van der Waals surface area contributed by atoms with Crippen molar-refractivity contribution in [2.45, 2.75) is 59.2 Å². The number of carbonyl (C=O) groups is 4. The van der Waals surface area contributed by atoms with Gasteiger partial charge in [-0.1, -0.05) is 37.3 Å². The zero-order valence-electron chi connectivity index (χ0n) is 22.6. The zero-order valence-corrected chi connectivity index (χ0v) is 22.6. The van der Waals surface area contributed by atoms with E-state index in [4.69, 9.17) is 0 Å². The van der Waals surface area contributed by atoms with E-state index in [2.05, 4.69) is 5.10 Å². The standard InChI is InChI=1S/C28H38N6O4/c1-4-21(2)33(14-11-26(36)31-17-15-30(16-18-31)22(3)35)27(37)24-19-25-28(38)32(12-8-13-34(25)29-24)20-23-9-6-5-7-10-23/h5-7,9-10,19,21H,4,8,11-18,20H2,1-3H3. The largest absolute Gasteiger partial charge is 0.339 e. The number of piperazine rings is 1. The van der Waals surface area contributed by atoms with E-state index in [1.54, 1.807) is 30.3 Å². The van der Waals surface area contributed by atoms with Gasteiger partial charge in [-0.05, 0) is 25.3 Å². The summed E-state index contributed by atoms with van der Waals surface area (Å²) in [7, 11) is 0. The van der Waals surface area contributed by atoms with Gasteiger partial charge in [0.05, 0.1) is 0 Å². The molecule has 0 bridgehead atoms. The summed E-state index contributed by atoms with van der Waals surface area (Å²) in [4.78, 5) is 58.4. The summed E-state index contributed by atoms with van der Waals surface area (Å²) in [6.07, 6.45) is 1.68. The number of fused-ring (bicyclic) bond motifs is 1. The lowest BCUT2D eigenvalue weighted by Gasteiger charge is -2.35. The number of hydrogen-bond donors (Lipinski definition) is 0. The molecular weight excluding hydrogens is 484 g/mol. The minimum absolute atomic E-state index is 0.0192. The molecule has 0 spiro atoms. The summed E-state index contributed by atoms with van der Waals surface area (Å²) >= 11 is 0. The molecule has 10 nitrogen and oxygen atoms in total. The van der Waals surface area contributed by atoms with Crippen LogP contribution in [-0.2, 0) is 22.7 Å². The number of aromatic nitrogens is 2. The first-order valence-corrected chi connectivity index (χ1v) is 13.5. The average molecular weight is 523 g/mol. The van der Waals surface area contributed by atoms with Crippen LogP contribution < -0.4 is 0 Å². The van der Waals surface area contributed by atoms with E-state index in [0.29, 0.717) is 51.5 Å². The Bertz CT molecular complexity index is 1160. The van der Waals surface area contributed by atoms with Crippen molar-refractivity contribution >= 4 is 23.6 Å². The Morgan fingerprint density at radius 2 is 1.68 bits per heavy atom. The number of hydrogen-bond acceptors (Lipinski definition) is 5. The van der Waals surface area contributed by atoms with Gasteiger partial charge < -0.3 is 19.6 Å². The molecule has 4 rings (SSSR count). The summed E-state index contributed by atoms with van der Waals surface area (Å²) in [5, 5.41) is 4.53. The van der Waals surface area contributed by atoms with Gasteiger partial charge in [0.1, 0.15) is 5.69 Å². The first kappa shape index (κ1) is 27.3. The summed E-state index contributed by atoms with van der Waals surface area (Å²) in [6.45, 7) is 9.55. The lowest BCUT2D eigenvalue weighted by Crippen LogP contribution is -2.50. The van der Waals surface area contributed by atoms with Crippen LogP contribution in [0.1, 0.15) is 66.6 Å². The van der Waals surface area contributed by atoms with E-state index >= 15 is 0 Å². The molecule has 2 aromatic rings. The maximum absolute atomic E-state index is 13.6. The quantitative estimate of drug-likeness (QED) is 0.530. The molecule has 0 N–H and O–H groups in total. The van der Waals surface area contributed by atoms with Gasteiger partial charge in [-0.25, -0.2) is 0 Å². The maximum Gasteiger partial charge on any atom is 0.274 e. The van der Waals surface area contributed by atoms with Gasteiger partial charge in [0.15, 0.2) is 5.69 Å². The Kier molecular flexibility index (Phi) is 8.81. The minimum atomic E-state index is -0.267. The highest BCUT2D eigenvalue weighted by Crippen LogP contribution is 2.19. The van der Waals surface area contributed by atoms with Gasteiger partial charge in [-0.3, -0.25) is 23.9 Å². The fraction of sp³-hybridized carbons (Fsp3) is 0.536. The van der Waals surface area contributed by atoms with Gasteiger partial charge >= 0.3 is 0 Å². The highest BCUT2D eigenvalue weighted by atomic mass is 16.2. The predicted molar refractivity (Wildman–Crippen MR) is 142 cm³/mol. The van der Waals surface area contributed by atoms with Crippen molar-refractivity contribution in [2.75, 3.05) is 39.3 Å². The number of nitrogens with zero attached hydrogens (tertiary/aromatic N) is 6. The van der Waals surface area contributed by atoms with E-state index in [9.17, 15) is 19.2 Å². The van der Waals surface area contributed by atoms with E-state index in [0.717, 1.165) is 18.4 Å². The number of carbonyl (C=O) groups excluding carboxylic acids is 4. The van der Waals surface area contributed by atoms with Gasteiger partial charge in [0.2, 0.25) is 11.8 Å². The topological polar surface area (TPSA) is 99.1 Å². The molecule has 1 atom stereocenters. The van der Waals surface area contributed by atoms with Crippen molar-refractivity contribution in [1.29, 1.82) is 0 Å². The monoisotopic (exact) mass is 522 g/mol. The number of rotatable bonds is 8. The zero-order chi connectivity index (χ0) is 27.2. The van der Waals surface area contributed by atoms with Crippen LogP contribution in [0.2, 0.25) is 0 Å². The van der Waals surface area contributed by atoms with Gasteiger partial charge in [-0.2, -0.15) is 5.10 Å². The molecule has 38 heavy (non-hydrogen) atoms. The second kappa shape index (κ2) is 12.2.